The van der Waals surface area contributed by atoms with Gasteiger partial charge in [-0.05, 0) is 49.2 Å². The van der Waals surface area contributed by atoms with Crippen molar-refractivity contribution in [3.63, 3.8) is 0 Å². The maximum absolute atomic E-state index is 13.6. The molecule has 3 unspecified atom stereocenters. The molecule has 2 aliphatic rings. The van der Waals surface area contributed by atoms with Crippen LogP contribution in [0.25, 0.3) is 27.8 Å². The summed E-state index contributed by atoms with van der Waals surface area (Å²) in [6, 6.07) is 12.3. The van der Waals surface area contributed by atoms with Gasteiger partial charge in [-0.15, -0.1) is 0 Å². The lowest BCUT2D eigenvalue weighted by molar-refractivity contribution is -0.137. The number of aliphatic hydroxyl groups is 1. The monoisotopic (exact) mass is 566 g/mol. The number of nitrogens with zero attached hydrogens (tertiary/aromatic N) is 4. The lowest BCUT2D eigenvalue weighted by Crippen LogP contribution is -2.24. The number of benzene rings is 2. The van der Waals surface area contributed by atoms with Gasteiger partial charge < -0.3 is 14.7 Å². The normalized spacial score (nSPS) is 18.2. The van der Waals surface area contributed by atoms with Crippen LogP contribution in [0.3, 0.4) is 0 Å². The van der Waals surface area contributed by atoms with Crippen LogP contribution in [0.5, 0.6) is 0 Å². The molecule has 0 saturated heterocycles. The second-order valence-corrected chi connectivity index (χ2v) is 10.3. The van der Waals surface area contributed by atoms with Crippen LogP contribution in [-0.2, 0) is 11.2 Å². The number of allylic oxidation sites excluding steroid dienone is 2. The Kier molecular flexibility index (Phi) is 7.45. The van der Waals surface area contributed by atoms with Crippen LogP contribution in [0.2, 0.25) is 0 Å². The Balaban J connectivity index is 1.32. The van der Waals surface area contributed by atoms with Gasteiger partial charge in [-0.25, -0.2) is 9.37 Å². The number of halogens is 1. The average molecular weight is 567 g/mol. The number of carboxylic acid groups (broad SMARTS) is 1. The molecule has 0 radical (unpaired) electrons. The molecule has 0 spiro atoms. The van der Waals surface area contributed by atoms with Gasteiger partial charge >= 0.3 is 5.97 Å². The zero-order chi connectivity index (χ0) is 29.2. The van der Waals surface area contributed by atoms with Crippen LogP contribution in [0.15, 0.2) is 98.8 Å². The fourth-order valence-electron chi connectivity index (χ4n) is 5.21. The zero-order valence-electron chi connectivity index (χ0n) is 22.4. The Hall–Kier alpha value is -4.96. The zero-order valence-corrected chi connectivity index (χ0v) is 22.4. The molecule has 2 N–H and O–H groups in total. The van der Waals surface area contributed by atoms with Crippen molar-refractivity contribution in [1.29, 1.82) is 0 Å². The molecule has 1 aliphatic carbocycles. The van der Waals surface area contributed by atoms with E-state index in [4.69, 9.17) is 14.6 Å². The first-order chi connectivity index (χ1) is 20.4. The first kappa shape index (κ1) is 27.2. The van der Waals surface area contributed by atoms with E-state index in [0.29, 0.717) is 58.5 Å². The van der Waals surface area contributed by atoms with Crippen LogP contribution in [0.4, 0.5) is 4.39 Å². The van der Waals surface area contributed by atoms with Crippen molar-refractivity contribution in [1.82, 2.24) is 14.7 Å². The van der Waals surface area contributed by atoms with Gasteiger partial charge in [0, 0.05) is 42.2 Å². The molecule has 0 fully saturated rings. The summed E-state index contributed by atoms with van der Waals surface area (Å²) in [5.74, 6) is -0.555. The van der Waals surface area contributed by atoms with Crippen molar-refractivity contribution < 1.29 is 23.9 Å². The smallest absolute Gasteiger partial charge is 0.303 e. The van der Waals surface area contributed by atoms with E-state index >= 15 is 0 Å². The molecule has 9 nitrogen and oxygen atoms in total. The largest absolute Gasteiger partial charge is 0.481 e. The molecule has 0 bridgehead atoms. The number of aliphatic imine (C=N–C) groups is 1. The van der Waals surface area contributed by atoms with E-state index < -0.39 is 17.9 Å². The van der Waals surface area contributed by atoms with E-state index in [1.54, 1.807) is 30.5 Å². The molecule has 4 aromatic rings. The number of fused-ring (bicyclic) bond motifs is 2. The third kappa shape index (κ3) is 5.48. The van der Waals surface area contributed by atoms with Gasteiger partial charge in [0.2, 0.25) is 0 Å². The number of carboxylic acids is 1. The summed E-state index contributed by atoms with van der Waals surface area (Å²) >= 11 is 0. The highest BCUT2D eigenvalue weighted by molar-refractivity contribution is 5.84. The topological polar surface area (TPSA) is 131 Å². The Morgan fingerprint density at radius 2 is 1.88 bits per heavy atom. The number of aryl methyl sites for hydroxylation is 1. The van der Waals surface area contributed by atoms with E-state index in [-0.39, 0.29) is 29.7 Å². The minimum Gasteiger partial charge on any atom is -0.481 e. The molecule has 6 rings (SSSR count). The quantitative estimate of drug-likeness (QED) is 0.269. The number of carbonyl (C=O) groups is 1. The number of hydrogen-bond acceptors (Lipinski definition) is 7. The second-order valence-electron chi connectivity index (χ2n) is 10.3. The Bertz CT molecular complexity index is 1830. The molecule has 0 saturated carbocycles. The summed E-state index contributed by atoms with van der Waals surface area (Å²) in [4.78, 5) is 33.9. The molecular formula is C32H27FN4O5. The highest BCUT2D eigenvalue weighted by Gasteiger charge is 2.25. The molecule has 0 amide bonds. The first-order valence-electron chi connectivity index (χ1n) is 13.7. The van der Waals surface area contributed by atoms with Crippen LogP contribution in [-0.4, -0.2) is 43.1 Å². The third-order valence-electron chi connectivity index (χ3n) is 7.40. The van der Waals surface area contributed by atoms with Gasteiger partial charge in [-0.3, -0.25) is 19.1 Å². The first-order valence-corrected chi connectivity index (χ1v) is 13.7. The molecule has 1 aliphatic heterocycles. The van der Waals surface area contributed by atoms with Crippen molar-refractivity contribution in [2.45, 2.75) is 37.8 Å². The molecule has 3 atom stereocenters. The SMILES string of the molecule is O=C(O)CCCCc1nc2cc(-c3cc(C(O)C4=CC5C=CC=CC5N=C4)on3)ccc2c(=O)n1-c1ccc(F)cc1. The number of hydrogen-bond donors (Lipinski definition) is 2. The predicted octanol–water partition coefficient (Wildman–Crippen LogP) is 5.13. The predicted molar refractivity (Wildman–Crippen MR) is 155 cm³/mol. The van der Waals surface area contributed by atoms with E-state index in [9.17, 15) is 19.1 Å². The summed E-state index contributed by atoms with van der Waals surface area (Å²) in [5, 5.41) is 24.5. The summed E-state index contributed by atoms with van der Waals surface area (Å²) < 4.78 is 20.5. The molecular weight excluding hydrogens is 539 g/mol. The van der Waals surface area contributed by atoms with E-state index in [0.717, 1.165) is 0 Å². The number of unbranched alkanes of at least 4 members (excludes halogenated alkanes) is 1. The van der Waals surface area contributed by atoms with E-state index in [1.807, 2.05) is 30.4 Å². The number of aliphatic hydroxyl groups excluding tert-OH is 1. The summed E-state index contributed by atoms with van der Waals surface area (Å²) in [6.45, 7) is 0. The van der Waals surface area contributed by atoms with Gasteiger partial charge in [0.1, 0.15) is 23.4 Å². The van der Waals surface area contributed by atoms with Gasteiger partial charge in [-0.2, -0.15) is 0 Å². The van der Waals surface area contributed by atoms with E-state index in [2.05, 4.69) is 10.1 Å². The van der Waals surface area contributed by atoms with Crippen molar-refractivity contribution in [3.05, 3.63) is 112 Å². The van der Waals surface area contributed by atoms with Crippen molar-refractivity contribution in [3.8, 4) is 16.9 Å². The van der Waals surface area contributed by atoms with Crippen molar-refractivity contribution in [2.75, 3.05) is 0 Å². The van der Waals surface area contributed by atoms with Gasteiger partial charge in [0.25, 0.3) is 5.56 Å². The lowest BCUT2D eigenvalue weighted by Gasteiger charge is -2.23. The molecule has 2 aromatic heterocycles. The average Bonchev–Trinajstić information content (AvgIpc) is 3.50. The Labute approximate surface area is 239 Å². The van der Waals surface area contributed by atoms with Crippen LogP contribution in [0.1, 0.15) is 37.0 Å². The standard InChI is InChI=1S/C32H27FN4O5/c33-22-10-12-23(13-11-22)37-29(7-3-4-8-30(38)39)35-27-16-20(9-14-24(27)32(37)41)26-17-28(42-36-26)31(40)21-15-19-5-1-2-6-25(19)34-18-21/h1-2,5-6,9-19,25,31,40H,3-4,7-8H2,(H,38,39). The summed E-state index contributed by atoms with van der Waals surface area (Å²) in [6.07, 6.45) is 11.8. The number of dihydropyridines is 1. The molecule has 42 heavy (non-hydrogen) atoms. The minimum atomic E-state index is -1.05. The maximum Gasteiger partial charge on any atom is 0.303 e. The maximum atomic E-state index is 13.6. The molecule has 10 heteroatoms. The van der Waals surface area contributed by atoms with Crippen molar-refractivity contribution >= 4 is 23.1 Å². The fraction of sp³-hybridized carbons (Fsp3) is 0.219. The lowest BCUT2D eigenvalue weighted by atomic mass is 9.89. The van der Waals surface area contributed by atoms with Gasteiger partial charge in [0.05, 0.1) is 22.6 Å². The molecule has 212 valence electrons. The fourth-order valence-corrected chi connectivity index (χ4v) is 5.21. The number of aliphatic carboxylic acids is 1. The molecule has 3 heterocycles. The highest BCUT2D eigenvalue weighted by Crippen LogP contribution is 2.31. The summed E-state index contributed by atoms with van der Waals surface area (Å²) in [7, 11) is 0. The highest BCUT2D eigenvalue weighted by atomic mass is 19.1. The Morgan fingerprint density at radius 3 is 2.69 bits per heavy atom. The van der Waals surface area contributed by atoms with Gasteiger partial charge in [-0.1, -0.05) is 41.6 Å². The van der Waals surface area contributed by atoms with E-state index in [1.165, 1.54) is 28.8 Å². The van der Waals surface area contributed by atoms with Crippen molar-refractivity contribution in [2.24, 2.45) is 10.9 Å². The second kappa shape index (κ2) is 11.5. The van der Waals surface area contributed by atoms with Crippen LogP contribution < -0.4 is 5.56 Å². The minimum absolute atomic E-state index is 0.0105. The Morgan fingerprint density at radius 1 is 1.07 bits per heavy atom. The van der Waals surface area contributed by atoms with Gasteiger partial charge in [0.15, 0.2) is 5.76 Å². The van der Waals surface area contributed by atoms with Crippen LogP contribution >= 0.6 is 0 Å². The third-order valence-corrected chi connectivity index (χ3v) is 7.40. The number of rotatable bonds is 9. The summed E-state index contributed by atoms with van der Waals surface area (Å²) in [5.41, 5.74) is 2.29. The number of aromatic nitrogens is 3. The van der Waals surface area contributed by atoms with Crippen LogP contribution in [0, 0.1) is 11.7 Å². The molecule has 2 aromatic carbocycles.